The molecule has 1 aromatic rings. The molecule has 2 aliphatic rings. The molecule has 2 amide bonds. The molecule has 6 nitrogen and oxygen atoms in total. The smallest absolute Gasteiger partial charge is 0.270 e. The van der Waals surface area contributed by atoms with Crippen LogP contribution in [0.3, 0.4) is 0 Å². The van der Waals surface area contributed by atoms with Gasteiger partial charge in [-0.25, -0.2) is 0 Å². The second kappa shape index (κ2) is 4.37. The van der Waals surface area contributed by atoms with E-state index in [-0.39, 0.29) is 28.1 Å². The number of imide groups is 1. The van der Waals surface area contributed by atoms with E-state index in [0.717, 1.165) is 18.2 Å². The average molecular weight is 339 g/mol. The Labute approximate surface area is 123 Å². The van der Waals surface area contributed by atoms with Crippen molar-refractivity contribution in [2.24, 2.45) is 5.41 Å². The standard InChI is InChI=1S/C13H11BrN2O4/c14-6-13(3-4-13)7-15-11(17)9-2-1-8(16(19)20)5-10(9)12(15)18/h1-2,5H,3-4,6-7H2. The van der Waals surface area contributed by atoms with Gasteiger partial charge in [0, 0.05) is 24.0 Å². The maximum Gasteiger partial charge on any atom is 0.270 e. The fraction of sp³-hybridized carbons (Fsp3) is 0.385. The van der Waals surface area contributed by atoms with E-state index in [1.165, 1.54) is 23.1 Å². The summed E-state index contributed by atoms with van der Waals surface area (Å²) in [4.78, 5) is 35.9. The van der Waals surface area contributed by atoms with E-state index in [9.17, 15) is 19.7 Å². The first-order chi connectivity index (χ1) is 9.47. The number of fused-ring (bicyclic) bond motifs is 1. The Morgan fingerprint density at radius 1 is 1.25 bits per heavy atom. The molecule has 0 spiro atoms. The highest BCUT2D eigenvalue weighted by molar-refractivity contribution is 9.09. The number of nitro benzene ring substituents is 1. The molecule has 20 heavy (non-hydrogen) atoms. The zero-order valence-electron chi connectivity index (χ0n) is 10.5. The van der Waals surface area contributed by atoms with Gasteiger partial charge in [0.05, 0.1) is 16.1 Å². The fourth-order valence-electron chi connectivity index (χ4n) is 2.38. The number of carbonyl (C=O) groups excluding carboxylic acids is 2. The third-order valence-corrected chi connectivity index (χ3v) is 5.09. The van der Waals surface area contributed by atoms with Crippen molar-refractivity contribution in [3.05, 3.63) is 39.4 Å². The molecule has 104 valence electrons. The van der Waals surface area contributed by atoms with Crippen LogP contribution in [-0.2, 0) is 0 Å². The first-order valence-corrected chi connectivity index (χ1v) is 7.30. The monoisotopic (exact) mass is 338 g/mol. The quantitative estimate of drug-likeness (QED) is 0.365. The van der Waals surface area contributed by atoms with Crippen LogP contribution in [0.5, 0.6) is 0 Å². The normalized spacial score (nSPS) is 19.1. The Bertz CT molecular complexity index is 639. The summed E-state index contributed by atoms with van der Waals surface area (Å²) < 4.78 is 0. The van der Waals surface area contributed by atoms with Crippen LogP contribution in [0.2, 0.25) is 0 Å². The highest BCUT2D eigenvalue weighted by atomic mass is 79.9. The molecule has 1 heterocycles. The van der Waals surface area contributed by atoms with E-state index in [0.29, 0.717) is 6.54 Å². The second-order valence-electron chi connectivity index (χ2n) is 5.32. The topological polar surface area (TPSA) is 80.5 Å². The number of hydrogen-bond acceptors (Lipinski definition) is 4. The lowest BCUT2D eigenvalue weighted by Gasteiger charge is -2.19. The molecule has 1 fully saturated rings. The van der Waals surface area contributed by atoms with Crippen LogP contribution in [0.15, 0.2) is 18.2 Å². The number of alkyl halides is 1. The summed E-state index contributed by atoms with van der Waals surface area (Å²) in [5.74, 6) is -0.784. The number of carbonyl (C=O) groups is 2. The predicted octanol–water partition coefficient (Wildman–Crippen LogP) is 2.37. The Hall–Kier alpha value is -1.76. The Morgan fingerprint density at radius 3 is 2.45 bits per heavy atom. The van der Waals surface area contributed by atoms with Gasteiger partial charge in [-0.1, -0.05) is 15.9 Å². The third kappa shape index (κ3) is 1.93. The van der Waals surface area contributed by atoms with Crippen LogP contribution in [0.25, 0.3) is 0 Å². The van der Waals surface area contributed by atoms with Gasteiger partial charge < -0.3 is 0 Å². The zero-order valence-corrected chi connectivity index (χ0v) is 12.1. The van der Waals surface area contributed by atoms with Gasteiger partial charge in [0.2, 0.25) is 0 Å². The van der Waals surface area contributed by atoms with Crippen molar-refractivity contribution < 1.29 is 14.5 Å². The highest BCUT2D eigenvalue weighted by Crippen LogP contribution is 2.48. The van der Waals surface area contributed by atoms with E-state index in [4.69, 9.17) is 0 Å². The van der Waals surface area contributed by atoms with Gasteiger partial charge in [0.1, 0.15) is 0 Å². The average Bonchev–Trinajstić information content (AvgIpc) is 3.18. The van der Waals surface area contributed by atoms with Crippen LogP contribution in [0.1, 0.15) is 33.6 Å². The molecule has 0 radical (unpaired) electrons. The summed E-state index contributed by atoms with van der Waals surface area (Å²) in [6, 6.07) is 3.80. The third-order valence-electron chi connectivity index (χ3n) is 3.90. The summed E-state index contributed by atoms with van der Waals surface area (Å²) in [7, 11) is 0. The largest absolute Gasteiger partial charge is 0.274 e. The molecule has 0 aromatic heterocycles. The van der Waals surface area contributed by atoms with Gasteiger partial charge in [-0.15, -0.1) is 0 Å². The fourth-order valence-corrected chi connectivity index (χ4v) is 3.12. The van der Waals surface area contributed by atoms with E-state index >= 15 is 0 Å². The minimum Gasteiger partial charge on any atom is -0.274 e. The summed E-state index contributed by atoms with van der Waals surface area (Å²) in [6.45, 7) is 0.373. The first-order valence-electron chi connectivity index (χ1n) is 6.18. The van der Waals surface area contributed by atoms with Gasteiger partial charge in [-0.05, 0) is 24.3 Å². The number of halogens is 1. The lowest BCUT2D eigenvalue weighted by molar-refractivity contribution is -0.384. The molecule has 3 rings (SSSR count). The summed E-state index contributed by atoms with van der Waals surface area (Å²) in [5, 5.41) is 11.5. The van der Waals surface area contributed by atoms with Crippen molar-refractivity contribution in [3.63, 3.8) is 0 Å². The molecule has 7 heteroatoms. The van der Waals surface area contributed by atoms with Crippen molar-refractivity contribution in [2.45, 2.75) is 12.8 Å². The van der Waals surface area contributed by atoms with E-state index in [2.05, 4.69) is 15.9 Å². The van der Waals surface area contributed by atoms with Gasteiger partial charge >= 0.3 is 0 Å². The Kier molecular flexibility index (Phi) is 2.89. The van der Waals surface area contributed by atoms with Crippen LogP contribution < -0.4 is 0 Å². The van der Waals surface area contributed by atoms with E-state index in [1.807, 2.05) is 0 Å². The van der Waals surface area contributed by atoms with Crippen molar-refractivity contribution in [2.75, 3.05) is 11.9 Å². The molecule has 0 N–H and O–H groups in total. The molecular weight excluding hydrogens is 328 g/mol. The first kappa shape index (κ1) is 13.2. The molecule has 1 aliphatic carbocycles. The van der Waals surface area contributed by atoms with Crippen LogP contribution in [0, 0.1) is 15.5 Å². The minimum absolute atomic E-state index is 0.0146. The number of amides is 2. The van der Waals surface area contributed by atoms with Gasteiger partial charge in [0.15, 0.2) is 0 Å². The van der Waals surface area contributed by atoms with Crippen molar-refractivity contribution in [1.29, 1.82) is 0 Å². The summed E-state index contributed by atoms with van der Waals surface area (Å²) in [5.41, 5.74) is 0.202. The summed E-state index contributed by atoms with van der Waals surface area (Å²) >= 11 is 3.41. The van der Waals surface area contributed by atoms with Gasteiger partial charge in [0.25, 0.3) is 17.5 Å². The Balaban J connectivity index is 1.93. The maximum absolute atomic E-state index is 12.3. The molecule has 1 saturated carbocycles. The molecule has 1 aliphatic heterocycles. The zero-order chi connectivity index (χ0) is 14.5. The lowest BCUT2D eigenvalue weighted by Crippen LogP contribution is -2.35. The van der Waals surface area contributed by atoms with Crippen molar-refractivity contribution >= 4 is 33.4 Å². The van der Waals surface area contributed by atoms with Crippen LogP contribution in [-0.4, -0.2) is 33.5 Å². The number of non-ortho nitro benzene ring substituents is 1. The van der Waals surface area contributed by atoms with Crippen LogP contribution >= 0.6 is 15.9 Å². The van der Waals surface area contributed by atoms with Gasteiger partial charge in [-0.2, -0.15) is 0 Å². The second-order valence-corrected chi connectivity index (χ2v) is 5.88. The SMILES string of the molecule is O=C1c2ccc([N+](=O)[O-])cc2C(=O)N1CC1(CBr)CC1. The molecule has 0 saturated heterocycles. The van der Waals surface area contributed by atoms with Gasteiger partial charge in [-0.3, -0.25) is 24.6 Å². The highest BCUT2D eigenvalue weighted by Gasteiger charge is 2.48. The molecule has 1 aromatic carbocycles. The predicted molar refractivity (Wildman–Crippen MR) is 73.9 cm³/mol. The maximum atomic E-state index is 12.3. The number of nitrogens with zero attached hydrogens (tertiary/aromatic N) is 2. The number of nitro groups is 1. The molecule has 0 bridgehead atoms. The number of benzene rings is 1. The molecule has 0 unspecified atom stereocenters. The Morgan fingerprint density at radius 2 is 1.90 bits per heavy atom. The summed E-state index contributed by atoms with van der Waals surface area (Å²) in [6.07, 6.45) is 1.96. The number of hydrogen-bond donors (Lipinski definition) is 0. The molecule has 0 atom stereocenters. The van der Waals surface area contributed by atoms with Crippen molar-refractivity contribution in [1.82, 2.24) is 4.90 Å². The minimum atomic E-state index is -0.568. The van der Waals surface area contributed by atoms with E-state index < -0.39 is 10.8 Å². The molecular formula is C13H11BrN2O4. The van der Waals surface area contributed by atoms with Crippen LogP contribution in [0.4, 0.5) is 5.69 Å². The number of rotatable bonds is 4. The lowest BCUT2D eigenvalue weighted by atomic mass is 10.1. The van der Waals surface area contributed by atoms with E-state index in [1.54, 1.807) is 0 Å². The van der Waals surface area contributed by atoms with Crippen molar-refractivity contribution in [3.8, 4) is 0 Å².